The van der Waals surface area contributed by atoms with E-state index in [1.54, 1.807) is 0 Å². The third kappa shape index (κ3) is 1.98. The third-order valence-electron chi connectivity index (χ3n) is 12.9. The fourth-order valence-electron chi connectivity index (χ4n) is 10.9. The van der Waals surface area contributed by atoms with Crippen molar-refractivity contribution in [1.29, 1.82) is 0 Å². The quantitative estimate of drug-likeness (QED) is 0.163. The third-order valence-corrected chi connectivity index (χ3v) is 12.9. The first-order chi connectivity index (χ1) is 23.9. The van der Waals surface area contributed by atoms with Crippen LogP contribution in [-0.2, 0) is 0 Å². The zero-order chi connectivity index (χ0) is 30.3. The summed E-state index contributed by atoms with van der Waals surface area (Å²) in [6, 6.07) is 46.3. The van der Waals surface area contributed by atoms with Gasteiger partial charge in [0.2, 0.25) is 0 Å². The molecule has 0 nitrogen and oxygen atoms in total. The fraction of sp³-hybridized carbons (Fsp3) is 0. The molecule has 0 atom stereocenters. The number of fused-ring (bicyclic) bond motifs is 34. The van der Waals surface area contributed by atoms with Gasteiger partial charge in [0.15, 0.2) is 0 Å². The van der Waals surface area contributed by atoms with E-state index >= 15 is 0 Å². The van der Waals surface area contributed by atoms with Gasteiger partial charge in [-0.2, -0.15) is 0 Å². The maximum Gasteiger partial charge on any atom is -0.000717 e. The van der Waals surface area contributed by atoms with Gasteiger partial charge in [-0.15, -0.1) is 0 Å². The number of hydrogen-bond donors (Lipinski definition) is 0. The summed E-state index contributed by atoms with van der Waals surface area (Å²) < 4.78 is 0. The monoisotopic (exact) mass is 596 g/mol. The second kappa shape index (κ2) is 6.74. The standard InChI is InChI=1S/C48H20/c1-3-7-23-21(5-1)25-9-11-27-29-13-15-31-33-17-19-35-36-20-18-34-32-16-14-30-28-12-10-26-22-6-2-4-8-24(22)38(26)40(28)42(30)44(32)46(34)48(36)47(35)45(33)43(31)41(29)39(27)37(23)25/h1-20H. The Morgan fingerprint density at radius 3 is 0.500 bits per heavy atom. The molecular formula is C48H20. The van der Waals surface area contributed by atoms with Crippen LogP contribution in [0.3, 0.4) is 0 Å². The van der Waals surface area contributed by atoms with Gasteiger partial charge >= 0.3 is 0 Å². The summed E-state index contributed by atoms with van der Waals surface area (Å²) in [4.78, 5) is 0. The Balaban J connectivity index is 1.12. The van der Waals surface area contributed by atoms with Gasteiger partial charge in [0.25, 0.3) is 0 Å². The highest BCUT2D eigenvalue weighted by atomic mass is 14.3. The molecule has 0 heterocycles. The molecule has 15 aromatic rings. The van der Waals surface area contributed by atoms with Crippen LogP contribution in [0.15, 0.2) is 121 Å². The van der Waals surface area contributed by atoms with E-state index in [0.717, 1.165) is 0 Å². The zero-order valence-electron chi connectivity index (χ0n) is 25.5. The SMILES string of the molecule is c1ccc2c(c1)c1ccc3c4ccc5c6ccc7c8ccc9c%10ccc%11c%12ccc%13c%14ccccc%14c%13c%12c%11c%10c9c8c7c6c5c4c3c21. The molecule has 0 radical (unpaired) electrons. The van der Waals surface area contributed by atoms with Crippen LogP contribution in [0.1, 0.15) is 0 Å². The van der Waals surface area contributed by atoms with Crippen LogP contribution in [0, 0.1) is 0 Å². The van der Waals surface area contributed by atoms with E-state index in [-0.39, 0.29) is 0 Å². The Bertz CT molecular complexity index is 3590. The minimum atomic E-state index is 1.39. The van der Waals surface area contributed by atoms with Crippen LogP contribution < -0.4 is 0 Å². The van der Waals surface area contributed by atoms with Crippen LogP contribution in [0.2, 0.25) is 0 Å². The van der Waals surface area contributed by atoms with Gasteiger partial charge in [-0.05, 0) is 151 Å². The van der Waals surface area contributed by atoms with Crippen molar-refractivity contribution < 1.29 is 0 Å². The second-order valence-electron chi connectivity index (χ2n) is 14.6. The first-order valence-corrected chi connectivity index (χ1v) is 17.1. The minimum Gasteiger partial charge on any atom is -0.0616 e. The molecule has 0 N–H and O–H groups in total. The van der Waals surface area contributed by atoms with Crippen LogP contribution in [0.5, 0.6) is 0 Å². The van der Waals surface area contributed by atoms with Gasteiger partial charge in [-0.1, -0.05) is 121 Å². The fourth-order valence-corrected chi connectivity index (χ4v) is 10.9. The summed E-state index contributed by atoms with van der Waals surface area (Å²) in [6.07, 6.45) is 0. The molecule has 0 aliphatic carbocycles. The van der Waals surface area contributed by atoms with E-state index in [1.165, 1.54) is 151 Å². The van der Waals surface area contributed by atoms with Crippen LogP contribution >= 0.6 is 0 Å². The van der Waals surface area contributed by atoms with E-state index in [0.29, 0.717) is 0 Å². The highest BCUT2D eigenvalue weighted by molar-refractivity contribution is 6.58. The topological polar surface area (TPSA) is 0 Å². The molecule has 15 aromatic carbocycles. The lowest BCUT2D eigenvalue weighted by molar-refractivity contribution is 1.80. The summed E-state index contributed by atoms with van der Waals surface area (Å²) in [5, 5.41) is 40.3. The van der Waals surface area contributed by atoms with Gasteiger partial charge in [-0.25, -0.2) is 0 Å². The highest BCUT2D eigenvalue weighted by Crippen LogP contribution is 2.58. The Morgan fingerprint density at radius 2 is 0.271 bits per heavy atom. The molecule has 0 saturated heterocycles. The molecule has 0 aromatic heterocycles. The predicted molar refractivity (Wildman–Crippen MR) is 210 cm³/mol. The molecule has 15 rings (SSSR count). The van der Waals surface area contributed by atoms with Crippen molar-refractivity contribution in [2.75, 3.05) is 0 Å². The summed E-state index contributed by atoms with van der Waals surface area (Å²) in [5.41, 5.74) is 0. The minimum absolute atomic E-state index is 1.39. The summed E-state index contributed by atoms with van der Waals surface area (Å²) in [7, 11) is 0. The predicted octanol–water partition coefficient (Wildman–Crippen LogP) is 13.9. The molecule has 48 heavy (non-hydrogen) atoms. The van der Waals surface area contributed by atoms with Crippen molar-refractivity contribution in [3.05, 3.63) is 121 Å². The Morgan fingerprint density at radius 1 is 0.125 bits per heavy atom. The first kappa shape index (κ1) is 22.3. The highest BCUT2D eigenvalue weighted by Gasteiger charge is 2.29. The number of hydrogen-bond acceptors (Lipinski definition) is 0. The van der Waals surface area contributed by atoms with Crippen molar-refractivity contribution in [3.8, 4) is 0 Å². The van der Waals surface area contributed by atoms with Crippen molar-refractivity contribution >= 4 is 151 Å². The average Bonchev–Trinajstić information content (AvgIpc) is 3.09. The Labute approximate surface area is 271 Å². The lowest BCUT2D eigenvalue weighted by atomic mass is 9.74. The average molecular weight is 597 g/mol. The largest absolute Gasteiger partial charge is 0.0616 e. The smallest absolute Gasteiger partial charge is 0.000717 e. The van der Waals surface area contributed by atoms with Gasteiger partial charge in [0, 0.05) is 0 Å². The van der Waals surface area contributed by atoms with Gasteiger partial charge in [0.05, 0.1) is 0 Å². The Hall–Kier alpha value is -6.24. The lowest BCUT2D eigenvalue weighted by Crippen LogP contribution is -1.99. The molecule has 0 aliphatic rings. The van der Waals surface area contributed by atoms with Crippen LogP contribution in [0.25, 0.3) is 151 Å². The van der Waals surface area contributed by atoms with E-state index in [1.807, 2.05) is 0 Å². The van der Waals surface area contributed by atoms with Crippen molar-refractivity contribution in [1.82, 2.24) is 0 Å². The number of rotatable bonds is 0. The zero-order valence-corrected chi connectivity index (χ0v) is 25.5. The molecule has 0 bridgehead atoms. The molecule has 0 spiro atoms. The van der Waals surface area contributed by atoms with Crippen molar-refractivity contribution in [2.24, 2.45) is 0 Å². The van der Waals surface area contributed by atoms with E-state index in [9.17, 15) is 0 Å². The van der Waals surface area contributed by atoms with Gasteiger partial charge in [0.1, 0.15) is 0 Å². The summed E-state index contributed by atoms with van der Waals surface area (Å²) in [6.45, 7) is 0. The maximum absolute atomic E-state index is 2.39. The molecule has 0 aliphatic heterocycles. The maximum atomic E-state index is 2.39. The molecule has 0 fully saturated rings. The van der Waals surface area contributed by atoms with Crippen molar-refractivity contribution in [3.63, 3.8) is 0 Å². The van der Waals surface area contributed by atoms with E-state index in [4.69, 9.17) is 0 Å². The molecule has 0 amide bonds. The molecule has 0 unspecified atom stereocenters. The second-order valence-corrected chi connectivity index (χ2v) is 14.6. The lowest BCUT2D eigenvalue weighted by Gasteiger charge is -2.28. The van der Waals surface area contributed by atoms with E-state index < -0.39 is 0 Å². The summed E-state index contributed by atoms with van der Waals surface area (Å²) >= 11 is 0. The molecule has 212 valence electrons. The van der Waals surface area contributed by atoms with Gasteiger partial charge in [-0.3, -0.25) is 0 Å². The van der Waals surface area contributed by atoms with Gasteiger partial charge < -0.3 is 0 Å². The molecule has 0 heteroatoms. The van der Waals surface area contributed by atoms with Crippen molar-refractivity contribution in [2.45, 2.75) is 0 Å². The normalized spacial score (nSPS) is 13.8. The molecular weight excluding hydrogens is 577 g/mol. The number of benzene rings is 8. The van der Waals surface area contributed by atoms with E-state index in [2.05, 4.69) is 121 Å². The summed E-state index contributed by atoms with van der Waals surface area (Å²) in [5.74, 6) is 0. The van der Waals surface area contributed by atoms with Crippen LogP contribution in [0.4, 0.5) is 0 Å². The Kier molecular flexibility index (Phi) is 3.13. The van der Waals surface area contributed by atoms with Crippen LogP contribution in [-0.4, -0.2) is 0 Å². The first-order valence-electron chi connectivity index (χ1n) is 17.1. The molecule has 0 saturated carbocycles.